The number of halogens is 1. The van der Waals surface area contributed by atoms with Crippen molar-refractivity contribution in [3.05, 3.63) is 107 Å². The van der Waals surface area contributed by atoms with E-state index >= 15 is 0 Å². The SMILES string of the molecule is O=C(Cc1ccc(-n2cnnn2)cc1)NCC(c1ccccc1Cl)c1c[nH]c2ccccc12. The van der Waals surface area contributed by atoms with Gasteiger partial charge in [0, 0.05) is 34.6 Å². The summed E-state index contributed by atoms with van der Waals surface area (Å²) in [6, 6.07) is 23.5. The predicted octanol–water partition coefficient (Wildman–Crippen LogP) is 4.29. The Bertz CT molecular complexity index is 1380. The monoisotopic (exact) mass is 456 g/mol. The van der Waals surface area contributed by atoms with Gasteiger partial charge in [-0.2, -0.15) is 0 Å². The zero-order chi connectivity index (χ0) is 22.6. The van der Waals surface area contributed by atoms with E-state index in [1.165, 1.54) is 6.33 Å². The Labute approximate surface area is 195 Å². The summed E-state index contributed by atoms with van der Waals surface area (Å²) in [5.74, 6) is -0.136. The van der Waals surface area contributed by atoms with Crippen molar-refractivity contribution in [1.82, 2.24) is 30.5 Å². The third-order valence-corrected chi connectivity index (χ3v) is 6.04. The lowest BCUT2D eigenvalue weighted by molar-refractivity contribution is -0.120. The van der Waals surface area contributed by atoms with Crippen molar-refractivity contribution in [1.29, 1.82) is 0 Å². The molecule has 5 rings (SSSR count). The van der Waals surface area contributed by atoms with E-state index in [9.17, 15) is 4.79 Å². The summed E-state index contributed by atoms with van der Waals surface area (Å²) >= 11 is 6.55. The molecule has 164 valence electrons. The van der Waals surface area contributed by atoms with Gasteiger partial charge in [0.1, 0.15) is 6.33 Å². The van der Waals surface area contributed by atoms with Gasteiger partial charge in [0.15, 0.2) is 0 Å². The maximum Gasteiger partial charge on any atom is 0.224 e. The molecule has 7 nitrogen and oxygen atoms in total. The minimum atomic E-state index is -0.0824. The number of hydrogen-bond donors (Lipinski definition) is 2. The van der Waals surface area contributed by atoms with E-state index in [1.54, 1.807) is 4.68 Å². The van der Waals surface area contributed by atoms with Gasteiger partial charge in [-0.05, 0) is 51.4 Å². The summed E-state index contributed by atoms with van der Waals surface area (Å²) in [6.45, 7) is 0.438. The smallest absolute Gasteiger partial charge is 0.224 e. The van der Waals surface area contributed by atoms with Gasteiger partial charge in [-0.3, -0.25) is 4.79 Å². The Morgan fingerprint density at radius 2 is 1.79 bits per heavy atom. The molecule has 3 aromatic carbocycles. The lowest BCUT2D eigenvalue weighted by Crippen LogP contribution is -2.30. The van der Waals surface area contributed by atoms with Crippen LogP contribution in [0.1, 0.15) is 22.6 Å². The summed E-state index contributed by atoms with van der Waals surface area (Å²) in [6.07, 6.45) is 3.81. The Hall–Kier alpha value is -3.97. The number of tetrazole rings is 1. The second kappa shape index (κ2) is 9.26. The highest BCUT2D eigenvalue weighted by molar-refractivity contribution is 6.31. The largest absolute Gasteiger partial charge is 0.361 e. The highest BCUT2D eigenvalue weighted by Crippen LogP contribution is 2.34. The lowest BCUT2D eigenvalue weighted by atomic mass is 9.90. The summed E-state index contributed by atoms with van der Waals surface area (Å²) in [5, 5.41) is 16.1. The Balaban J connectivity index is 1.33. The maximum atomic E-state index is 12.8. The van der Waals surface area contributed by atoms with Crippen molar-refractivity contribution in [2.45, 2.75) is 12.3 Å². The average Bonchev–Trinajstić information content (AvgIpc) is 3.52. The van der Waals surface area contributed by atoms with Gasteiger partial charge in [-0.1, -0.05) is 60.1 Å². The first kappa shape index (κ1) is 20.9. The number of H-pyrrole nitrogens is 1. The van der Waals surface area contributed by atoms with Crippen LogP contribution >= 0.6 is 11.6 Å². The second-order valence-electron chi connectivity index (χ2n) is 7.77. The van der Waals surface area contributed by atoms with Crippen molar-refractivity contribution in [2.24, 2.45) is 0 Å². The number of fused-ring (bicyclic) bond motifs is 1. The predicted molar refractivity (Wildman–Crippen MR) is 127 cm³/mol. The number of nitrogens with zero attached hydrogens (tertiary/aromatic N) is 4. The van der Waals surface area contributed by atoms with E-state index in [-0.39, 0.29) is 18.2 Å². The van der Waals surface area contributed by atoms with Crippen LogP contribution < -0.4 is 5.32 Å². The zero-order valence-corrected chi connectivity index (χ0v) is 18.4. The van der Waals surface area contributed by atoms with E-state index in [4.69, 9.17) is 11.6 Å². The van der Waals surface area contributed by atoms with Gasteiger partial charge in [-0.15, -0.1) is 5.10 Å². The van der Waals surface area contributed by atoms with E-state index < -0.39 is 0 Å². The van der Waals surface area contributed by atoms with Gasteiger partial charge in [0.25, 0.3) is 0 Å². The molecule has 2 aromatic heterocycles. The van der Waals surface area contributed by atoms with Crippen LogP contribution in [0.25, 0.3) is 16.6 Å². The van der Waals surface area contributed by atoms with E-state index in [0.717, 1.165) is 33.3 Å². The van der Waals surface area contributed by atoms with Crippen molar-refractivity contribution in [3.8, 4) is 5.69 Å². The molecule has 0 bridgehead atoms. The standard InChI is InChI=1S/C25H21ClN6O/c26-23-7-3-1-5-19(23)21(22-14-27-24-8-4-2-6-20(22)24)15-28-25(33)13-17-9-11-18(12-10-17)32-16-29-30-31-32/h1-12,14,16,21,27H,13,15H2,(H,28,33). The van der Waals surface area contributed by atoms with Crippen molar-refractivity contribution >= 4 is 28.4 Å². The van der Waals surface area contributed by atoms with Crippen LogP contribution in [0, 0.1) is 0 Å². The molecule has 8 heteroatoms. The first-order valence-corrected chi connectivity index (χ1v) is 11.0. The van der Waals surface area contributed by atoms with Gasteiger partial charge in [-0.25, -0.2) is 4.68 Å². The van der Waals surface area contributed by atoms with Crippen molar-refractivity contribution < 1.29 is 4.79 Å². The molecule has 2 N–H and O–H groups in total. The molecule has 0 saturated carbocycles. The number of aromatic amines is 1. The topological polar surface area (TPSA) is 88.5 Å². The molecule has 33 heavy (non-hydrogen) atoms. The number of carbonyl (C=O) groups is 1. The molecule has 0 aliphatic rings. The first-order valence-electron chi connectivity index (χ1n) is 10.6. The molecule has 1 amide bonds. The number of rotatable bonds is 7. The van der Waals surface area contributed by atoms with Crippen LogP contribution in [0.5, 0.6) is 0 Å². The third kappa shape index (κ3) is 4.49. The molecule has 0 radical (unpaired) electrons. The first-order chi connectivity index (χ1) is 16.2. The number of carbonyl (C=O) groups excluding carboxylic acids is 1. The summed E-state index contributed by atoms with van der Waals surface area (Å²) in [5.41, 5.74) is 4.88. The highest BCUT2D eigenvalue weighted by Gasteiger charge is 2.21. The summed E-state index contributed by atoms with van der Waals surface area (Å²) in [7, 11) is 0. The molecule has 0 spiro atoms. The third-order valence-electron chi connectivity index (χ3n) is 5.70. The van der Waals surface area contributed by atoms with Crippen LogP contribution in [0.3, 0.4) is 0 Å². The highest BCUT2D eigenvalue weighted by atomic mass is 35.5. The average molecular weight is 457 g/mol. The number of aromatic nitrogens is 5. The van der Waals surface area contributed by atoms with E-state index in [1.807, 2.05) is 72.9 Å². The zero-order valence-electron chi connectivity index (χ0n) is 17.6. The van der Waals surface area contributed by atoms with Crippen LogP contribution in [-0.4, -0.2) is 37.6 Å². The Morgan fingerprint density at radius 3 is 2.58 bits per heavy atom. The molecule has 1 atom stereocenters. The minimum Gasteiger partial charge on any atom is -0.361 e. The van der Waals surface area contributed by atoms with E-state index in [0.29, 0.717) is 11.6 Å². The summed E-state index contributed by atoms with van der Waals surface area (Å²) < 4.78 is 1.57. The van der Waals surface area contributed by atoms with Crippen LogP contribution in [0.2, 0.25) is 5.02 Å². The lowest BCUT2D eigenvalue weighted by Gasteiger charge is -2.19. The fourth-order valence-corrected chi connectivity index (χ4v) is 4.30. The number of benzene rings is 3. The minimum absolute atomic E-state index is 0.0536. The fraction of sp³-hybridized carbons (Fsp3) is 0.120. The van der Waals surface area contributed by atoms with E-state index in [2.05, 4.69) is 31.9 Å². The summed E-state index contributed by atoms with van der Waals surface area (Å²) in [4.78, 5) is 16.1. The normalized spacial score (nSPS) is 12.0. The van der Waals surface area contributed by atoms with Crippen molar-refractivity contribution in [3.63, 3.8) is 0 Å². The molecular formula is C25H21ClN6O. The Morgan fingerprint density at radius 1 is 1.00 bits per heavy atom. The molecule has 0 fully saturated rings. The molecule has 0 aliphatic heterocycles. The van der Waals surface area contributed by atoms with Crippen LogP contribution in [0.15, 0.2) is 85.3 Å². The second-order valence-corrected chi connectivity index (χ2v) is 8.17. The molecule has 2 heterocycles. The van der Waals surface area contributed by atoms with Crippen LogP contribution in [-0.2, 0) is 11.2 Å². The van der Waals surface area contributed by atoms with Gasteiger partial charge < -0.3 is 10.3 Å². The Kier molecular flexibility index (Phi) is 5.87. The number of para-hydroxylation sites is 1. The number of hydrogen-bond acceptors (Lipinski definition) is 4. The molecule has 0 aliphatic carbocycles. The van der Waals surface area contributed by atoms with Gasteiger partial charge >= 0.3 is 0 Å². The van der Waals surface area contributed by atoms with Crippen LogP contribution in [0.4, 0.5) is 0 Å². The molecule has 5 aromatic rings. The number of amides is 1. The maximum absolute atomic E-state index is 12.8. The quantitative estimate of drug-likeness (QED) is 0.382. The molecule has 0 saturated heterocycles. The van der Waals surface area contributed by atoms with Crippen molar-refractivity contribution in [2.75, 3.05) is 6.54 Å². The fourth-order valence-electron chi connectivity index (χ4n) is 4.04. The number of nitrogens with one attached hydrogen (secondary N) is 2. The molecule has 1 unspecified atom stereocenters. The van der Waals surface area contributed by atoms with Gasteiger partial charge in [0.05, 0.1) is 12.1 Å². The molecular weight excluding hydrogens is 436 g/mol. The van der Waals surface area contributed by atoms with Gasteiger partial charge in [0.2, 0.25) is 5.91 Å².